The molecule has 21 heavy (non-hydrogen) atoms. The van der Waals surface area contributed by atoms with Gasteiger partial charge in [0.2, 0.25) is 0 Å². The Morgan fingerprint density at radius 3 is 1.95 bits per heavy atom. The molecule has 0 aliphatic heterocycles. The van der Waals surface area contributed by atoms with Crippen LogP contribution in [0, 0.1) is 11.3 Å². The molecule has 1 unspecified atom stereocenters. The second-order valence-corrected chi connectivity index (χ2v) is 7.89. The van der Waals surface area contributed by atoms with Gasteiger partial charge in [0.15, 0.2) is 0 Å². The summed E-state index contributed by atoms with van der Waals surface area (Å²) in [5, 5.41) is 6.76. The lowest BCUT2D eigenvalue weighted by molar-refractivity contribution is 0.274. The molecule has 0 radical (unpaired) electrons. The Kier molecular flexibility index (Phi) is 5.60. The third-order valence-electron chi connectivity index (χ3n) is 3.82. The third kappa shape index (κ3) is 5.52. The highest BCUT2D eigenvalue weighted by molar-refractivity contribution is 5.48. The van der Waals surface area contributed by atoms with Crippen LogP contribution in [0.1, 0.15) is 61.2 Å². The number of nitrogens with zero attached hydrogens (tertiary/aromatic N) is 2. The number of anilines is 2. The van der Waals surface area contributed by atoms with Crippen LogP contribution in [0.3, 0.4) is 0 Å². The molecule has 0 aromatic carbocycles. The molecule has 0 amide bonds. The van der Waals surface area contributed by atoms with Crippen LogP contribution in [-0.4, -0.2) is 23.1 Å². The molecule has 4 heteroatoms. The smallest absolute Gasteiger partial charge is 0.138 e. The Balaban J connectivity index is 2.93. The lowest BCUT2D eigenvalue weighted by atomic mass is 9.82. The van der Waals surface area contributed by atoms with Gasteiger partial charge in [0.05, 0.1) is 0 Å². The van der Waals surface area contributed by atoms with E-state index in [4.69, 9.17) is 0 Å². The number of rotatable bonds is 5. The molecule has 120 valence electrons. The molecule has 0 aliphatic carbocycles. The third-order valence-corrected chi connectivity index (χ3v) is 3.82. The van der Waals surface area contributed by atoms with E-state index >= 15 is 0 Å². The van der Waals surface area contributed by atoms with Crippen LogP contribution in [0.2, 0.25) is 0 Å². The SMILES string of the molecule is CCNc1cc(NCC(C)C(C)(C)C)nc(C(C)(C)C)n1. The van der Waals surface area contributed by atoms with Crippen LogP contribution in [0.5, 0.6) is 0 Å². The Morgan fingerprint density at radius 1 is 1.00 bits per heavy atom. The van der Waals surface area contributed by atoms with Crippen molar-refractivity contribution in [2.75, 3.05) is 23.7 Å². The van der Waals surface area contributed by atoms with E-state index in [2.05, 4.69) is 76.0 Å². The number of hydrogen-bond donors (Lipinski definition) is 2. The maximum Gasteiger partial charge on any atom is 0.138 e. The van der Waals surface area contributed by atoms with Gasteiger partial charge in [0.25, 0.3) is 0 Å². The molecular formula is C17H32N4. The summed E-state index contributed by atoms with van der Waals surface area (Å²) >= 11 is 0. The number of hydrogen-bond acceptors (Lipinski definition) is 4. The van der Waals surface area contributed by atoms with E-state index in [0.717, 1.165) is 30.5 Å². The lowest BCUT2D eigenvalue weighted by Crippen LogP contribution is -2.26. The summed E-state index contributed by atoms with van der Waals surface area (Å²) < 4.78 is 0. The molecule has 1 atom stereocenters. The van der Waals surface area contributed by atoms with E-state index in [1.54, 1.807) is 0 Å². The molecule has 0 spiro atoms. The van der Waals surface area contributed by atoms with Crippen molar-refractivity contribution in [2.24, 2.45) is 11.3 Å². The number of nitrogens with one attached hydrogen (secondary N) is 2. The maximum absolute atomic E-state index is 4.68. The highest BCUT2D eigenvalue weighted by atomic mass is 15.1. The van der Waals surface area contributed by atoms with Crippen molar-refractivity contribution >= 4 is 11.6 Å². The molecule has 0 aliphatic rings. The molecule has 4 nitrogen and oxygen atoms in total. The first-order valence-corrected chi connectivity index (χ1v) is 7.91. The van der Waals surface area contributed by atoms with Gasteiger partial charge in [-0.15, -0.1) is 0 Å². The van der Waals surface area contributed by atoms with Crippen molar-refractivity contribution in [1.82, 2.24) is 9.97 Å². The zero-order valence-electron chi connectivity index (χ0n) is 15.0. The first-order chi connectivity index (χ1) is 9.54. The topological polar surface area (TPSA) is 49.8 Å². The van der Waals surface area contributed by atoms with Crippen molar-refractivity contribution in [1.29, 1.82) is 0 Å². The maximum atomic E-state index is 4.68. The molecule has 1 heterocycles. The molecule has 1 rings (SSSR count). The Morgan fingerprint density at radius 2 is 1.52 bits per heavy atom. The van der Waals surface area contributed by atoms with E-state index < -0.39 is 0 Å². The van der Waals surface area contributed by atoms with Crippen molar-refractivity contribution in [3.8, 4) is 0 Å². The van der Waals surface area contributed by atoms with Gasteiger partial charge >= 0.3 is 0 Å². The summed E-state index contributed by atoms with van der Waals surface area (Å²) in [5.74, 6) is 3.23. The molecule has 1 aromatic heterocycles. The summed E-state index contributed by atoms with van der Waals surface area (Å²) in [4.78, 5) is 9.29. The van der Waals surface area contributed by atoms with Gasteiger partial charge in [-0.25, -0.2) is 9.97 Å². The van der Waals surface area contributed by atoms with Crippen molar-refractivity contribution in [2.45, 2.75) is 60.8 Å². The van der Waals surface area contributed by atoms with Crippen LogP contribution >= 0.6 is 0 Å². The lowest BCUT2D eigenvalue weighted by Gasteiger charge is -2.28. The van der Waals surface area contributed by atoms with Crippen molar-refractivity contribution < 1.29 is 0 Å². The molecule has 0 saturated heterocycles. The van der Waals surface area contributed by atoms with Crippen LogP contribution in [-0.2, 0) is 5.41 Å². The molecule has 1 aromatic rings. The minimum absolute atomic E-state index is 0.0580. The van der Waals surface area contributed by atoms with E-state index in [0.29, 0.717) is 5.92 Å². The molecule has 0 saturated carbocycles. The van der Waals surface area contributed by atoms with E-state index in [-0.39, 0.29) is 10.8 Å². The normalized spacial score (nSPS) is 13.9. The van der Waals surface area contributed by atoms with Gasteiger partial charge in [-0.3, -0.25) is 0 Å². The summed E-state index contributed by atoms with van der Waals surface area (Å²) in [5.41, 5.74) is 0.231. The zero-order chi connectivity index (χ0) is 16.3. The first-order valence-electron chi connectivity index (χ1n) is 7.91. The minimum Gasteiger partial charge on any atom is -0.370 e. The summed E-state index contributed by atoms with van der Waals surface area (Å²) in [6.45, 7) is 19.3. The zero-order valence-corrected chi connectivity index (χ0v) is 15.0. The summed E-state index contributed by atoms with van der Waals surface area (Å²) in [6.07, 6.45) is 0. The predicted octanol–water partition coefficient (Wildman–Crippen LogP) is 4.30. The van der Waals surface area contributed by atoms with Gasteiger partial charge in [-0.2, -0.15) is 0 Å². The summed E-state index contributed by atoms with van der Waals surface area (Å²) in [6, 6.07) is 1.99. The average molecular weight is 292 g/mol. The fourth-order valence-corrected chi connectivity index (χ4v) is 1.71. The van der Waals surface area contributed by atoms with Crippen molar-refractivity contribution in [3.63, 3.8) is 0 Å². The van der Waals surface area contributed by atoms with Gasteiger partial charge in [-0.05, 0) is 18.3 Å². The fraction of sp³-hybridized carbons (Fsp3) is 0.765. The van der Waals surface area contributed by atoms with Gasteiger partial charge in [0, 0.05) is 24.6 Å². The molecular weight excluding hydrogens is 260 g/mol. The molecule has 0 bridgehead atoms. The van der Waals surface area contributed by atoms with Gasteiger partial charge in [-0.1, -0.05) is 48.5 Å². The van der Waals surface area contributed by atoms with E-state index in [9.17, 15) is 0 Å². The van der Waals surface area contributed by atoms with Crippen molar-refractivity contribution in [3.05, 3.63) is 11.9 Å². The highest BCUT2D eigenvalue weighted by Crippen LogP contribution is 2.26. The second kappa shape index (κ2) is 6.63. The number of aromatic nitrogens is 2. The minimum atomic E-state index is -0.0580. The van der Waals surface area contributed by atoms with E-state index in [1.165, 1.54) is 0 Å². The second-order valence-electron chi connectivity index (χ2n) is 7.89. The fourth-order valence-electron chi connectivity index (χ4n) is 1.71. The molecule has 0 fully saturated rings. The first kappa shape index (κ1) is 17.7. The van der Waals surface area contributed by atoms with Crippen LogP contribution in [0.15, 0.2) is 6.07 Å². The average Bonchev–Trinajstić information content (AvgIpc) is 2.34. The Labute approximate surface area is 130 Å². The Bertz CT molecular complexity index is 455. The largest absolute Gasteiger partial charge is 0.370 e. The summed E-state index contributed by atoms with van der Waals surface area (Å²) in [7, 11) is 0. The predicted molar refractivity (Wildman–Crippen MR) is 92.0 cm³/mol. The quantitative estimate of drug-likeness (QED) is 0.849. The van der Waals surface area contributed by atoms with Gasteiger partial charge in [0.1, 0.15) is 17.5 Å². The van der Waals surface area contributed by atoms with Crippen LogP contribution in [0.4, 0.5) is 11.6 Å². The standard InChI is InChI=1S/C17H32N4/c1-9-18-13-10-14(19-11-12(2)16(3,4)5)21-15(20-13)17(6,7)8/h10,12H,9,11H2,1-8H3,(H2,18,19,20,21). The monoisotopic (exact) mass is 292 g/mol. The van der Waals surface area contributed by atoms with Gasteiger partial charge < -0.3 is 10.6 Å². The Hall–Kier alpha value is -1.32. The molecule has 2 N–H and O–H groups in total. The highest BCUT2D eigenvalue weighted by Gasteiger charge is 2.21. The van der Waals surface area contributed by atoms with Crippen LogP contribution < -0.4 is 10.6 Å². The van der Waals surface area contributed by atoms with E-state index in [1.807, 2.05) is 6.07 Å². The van der Waals surface area contributed by atoms with Crippen LogP contribution in [0.25, 0.3) is 0 Å².